The first-order chi connectivity index (χ1) is 7.88. The van der Waals surface area contributed by atoms with Crippen LogP contribution in [0.15, 0.2) is 0 Å². The maximum atomic E-state index is 5.78. The van der Waals surface area contributed by atoms with E-state index in [4.69, 9.17) is 4.74 Å². The summed E-state index contributed by atoms with van der Waals surface area (Å²) in [6.07, 6.45) is 5.09. The normalized spacial score (nSPS) is 23.9. The van der Waals surface area contributed by atoms with Crippen molar-refractivity contribution in [3.8, 4) is 23.7 Å². The summed E-state index contributed by atoms with van der Waals surface area (Å²) in [5.41, 5.74) is 0. The van der Waals surface area contributed by atoms with E-state index in [1.54, 1.807) is 0 Å². The van der Waals surface area contributed by atoms with Crippen LogP contribution in [0.3, 0.4) is 0 Å². The molecule has 0 N–H and O–H groups in total. The second-order valence-corrected chi connectivity index (χ2v) is 4.80. The molecule has 88 valence electrons. The van der Waals surface area contributed by atoms with Crippen LogP contribution >= 0.6 is 31.9 Å². The van der Waals surface area contributed by atoms with E-state index in [1.165, 1.54) is 12.8 Å². The molecular formula is C13H16Br2O. The molecule has 1 saturated carbocycles. The maximum Gasteiger partial charge on any atom is 0.108 e. The molecule has 2 atom stereocenters. The van der Waals surface area contributed by atoms with E-state index >= 15 is 0 Å². The van der Waals surface area contributed by atoms with E-state index in [2.05, 4.69) is 55.5 Å². The van der Waals surface area contributed by atoms with Crippen LogP contribution in [0, 0.1) is 29.6 Å². The second-order valence-electron chi connectivity index (χ2n) is 3.68. The highest BCUT2D eigenvalue weighted by atomic mass is 79.9. The lowest BCUT2D eigenvalue weighted by Crippen LogP contribution is -2.27. The van der Waals surface area contributed by atoms with Crippen molar-refractivity contribution < 1.29 is 4.74 Å². The Balaban J connectivity index is 2.40. The van der Waals surface area contributed by atoms with Crippen molar-refractivity contribution in [2.45, 2.75) is 31.8 Å². The highest BCUT2D eigenvalue weighted by Crippen LogP contribution is 2.26. The molecule has 1 fully saturated rings. The molecule has 1 rings (SSSR count). The van der Waals surface area contributed by atoms with E-state index in [9.17, 15) is 0 Å². The smallest absolute Gasteiger partial charge is 0.108 e. The fraction of sp³-hybridized carbons (Fsp3) is 0.692. The van der Waals surface area contributed by atoms with Gasteiger partial charge in [0, 0.05) is 5.92 Å². The van der Waals surface area contributed by atoms with Crippen molar-refractivity contribution in [1.29, 1.82) is 0 Å². The number of ether oxygens (including phenoxy) is 1. The zero-order valence-electron chi connectivity index (χ0n) is 9.27. The Morgan fingerprint density at radius 1 is 1.00 bits per heavy atom. The summed E-state index contributed by atoms with van der Waals surface area (Å²) in [6, 6.07) is 0. The first-order valence-electron chi connectivity index (χ1n) is 5.56. The molecule has 0 aromatic rings. The van der Waals surface area contributed by atoms with Crippen LogP contribution in [0.4, 0.5) is 0 Å². The number of hydrogen-bond acceptors (Lipinski definition) is 1. The molecule has 0 aromatic heterocycles. The minimum atomic E-state index is 0.282. The van der Waals surface area contributed by atoms with E-state index in [1.807, 2.05) is 0 Å². The lowest BCUT2D eigenvalue weighted by atomic mass is 9.87. The molecule has 0 bridgehead atoms. The molecule has 1 aliphatic rings. The van der Waals surface area contributed by atoms with Crippen molar-refractivity contribution in [2.75, 3.05) is 17.3 Å². The summed E-state index contributed by atoms with van der Waals surface area (Å²) in [6.45, 7) is 0.531. The first-order valence-corrected chi connectivity index (χ1v) is 7.80. The minimum Gasteiger partial charge on any atom is -0.364 e. The summed E-state index contributed by atoms with van der Waals surface area (Å²) in [5.74, 6) is 12.7. The van der Waals surface area contributed by atoms with Crippen LogP contribution < -0.4 is 0 Å². The van der Waals surface area contributed by atoms with E-state index in [0.29, 0.717) is 17.9 Å². The summed E-state index contributed by atoms with van der Waals surface area (Å²) in [5, 5.41) is 1.47. The summed E-state index contributed by atoms with van der Waals surface area (Å²) in [7, 11) is 0. The van der Waals surface area contributed by atoms with E-state index in [0.717, 1.165) is 18.2 Å². The summed E-state index contributed by atoms with van der Waals surface area (Å²) >= 11 is 6.59. The zero-order chi connectivity index (χ0) is 11.6. The van der Waals surface area contributed by atoms with Gasteiger partial charge in [0.15, 0.2) is 0 Å². The average molecular weight is 348 g/mol. The molecule has 0 aliphatic heterocycles. The van der Waals surface area contributed by atoms with Crippen LogP contribution in [0.1, 0.15) is 25.7 Å². The third kappa shape index (κ3) is 5.39. The Kier molecular flexibility index (Phi) is 8.03. The van der Waals surface area contributed by atoms with Gasteiger partial charge in [-0.25, -0.2) is 0 Å². The molecule has 0 heterocycles. The third-order valence-electron chi connectivity index (χ3n) is 2.62. The van der Waals surface area contributed by atoms with Crippen LogP contribution in [0.25, 0.3) is 0 Å². The summed E-state index contributed by atoms with van der Waals surface area (Å²) < 4.78 is 5.78. The van der Waals surface area contributed by atoms with Crippen molar-refractivity contribution in [1.82, 2.24) is 0 Å². The van der Waals surface area contributed by atoms with Crippen LogP contribution in [-0.2, 0) is 4.74 Å². The molecule has 1 nitrogen and oxygen atoms in total. The fourth-order valence-electron chi connectivity index (χ4n) is 1.88. The predicted molar refractivity (Wildman–Crippen MR) is 74.8 cm³/mol. The number of alkyl halides is 2. The van der Waals surface area contributed by atoms with E-state index in [-0.39, 0.29) is 6.10 Å². The Morgan fingerprint density at radius 3 is 2.50 bits per heavy atom. The standard InChI is InChI=1S/C13H16Br2O/c14-9-3-4-11-16-13-8-2-1-6-12(13)7-5-10-15/h12-13H,1-2,6,8-11H2/t12-,13+/m1/s1. The van der Waals surface area contributed by atoms with Crippen LogP contribution in [-0.4, -0.2) is 23.4 Å². The molecule has 0 aromatic carbocycles. The monoisotopic (exact) mass is 346 g/mol. The molecule has 0 saturated heterocycles. The van der Waals surface area contributed by atoms with Gasteiger partial charge in [-0.05, 0) is 12.8 Å². The van der Waals surface area contributed by atoms with Gasteiger partial charge >= 0.3 is 0 Å². The largest absolute Gasteiger partial charge is 0.364 e. The molecule has 16 heavy (non-hydrogen) atoms. The second kappa shape index (κ2) is 9.11. The van der Waals surface area contributed by atoms with Crippen molar-refractivity contribution in [3.63, 3.8) is 0 Å². The van der Waals surface area contributed by atoms with Gasteiger partial charge in [0.2, 0.25) is 0 Å². The highest BCUT2D eigenvalue weighted by molar-refractivity contribution is 9.09. The fourth-order valence-corrected chi connectivity index (χ4v) is 2.24. The molecule has 0 amide bonds. The van der Waals surface area contributed by atoms with Gasteiger partial charge in [-0.15, -0.1) is 0 Å². The van der Waals surface area contributed by atoms with Crippen molar-refractivity contribution in [3.05, 3.63) is 0 Å². The highest BCUT2D eigenvalue weighted by Gasteiger charge is 2.23. The maximum absolute atomic E-state index is 5.78. The molecule has 0 spiro atoms. The Labute approximate surface area is 115 Å². The average Bonchev–Trinajstić information content (AvgIpc) is 2.33. The van der Waals surface area contributed by atoms with Gasteiger partial charge in [-0.2, -0.15) is 0 Å². The molecule has 3 heteroatoms. The Hall–Kier alpha value is 0.0400. The summed E-state index contributed by atoms with van der Waals surface area (Å²) in [4.78, 5) is 0. The van der Waals surface area contributed by atoms with Gasteiger partial charge in [0.05, 0.1) is 16.8 Å². The number of halogens is 2. The molecule has 0 unspecified atom stereocenters. The zero-order valence-corrected chi connectivity index (χ0v) is 12.4. The Morgan fingerprint density at radius 2 is 1.75 bits per heavy atom. The van der Waals surface area contributed by atoms with Gasteiger partial charge in [-0.3, -0.25) is 0 Å². The van der Waals surface area contributed by atoms with Gasteiger partial charge in [0.25, 0.3) is 0 Å². The first kappa shape index (κ1) is 14.1. The van der Waals surface area contributed by atoms with E-state index < -0.39 is 0 Å². The molecule has 0 radical (unpaired) electrons. The lowest BCUT2D eigenvalue weighted by molar-refractivity contribution is 0.0256. The molecular weight excluding hydrogens is 332 g/mol. The van der Waals surface area contributed by atoms with Gasteiger partial charge in [-0.1, -0.05) is 68.4 Å². The van der Waals surface area contributed by atoms with Crippen molar-refractivity contribution >= 4 is 31.9 Å². The minimum absolute atomic E-state index is 0.282. The Bertz CT molecular complexity index is 305. The number of hydrogen-bond donors (Lipinski definition) is 0. The lowest BCUT2D eigenvalue weighted by Gasteiger charge is -2.27. The third-order valence-corrected chi connectivity index (χ3v) is 3.18. The van der Waals surface area contributed by atoms with Gasteiger partial charge in [0.1, 0.15) is 6.61 Å². The van der Waals surface area contributed by atoms with Crippen molar-refractivity contribution in [2.24, 2.45) is 5.92 Å². The predicted octanol–water partition coefficient (Wildman–Crippen LogP) is 3.36. The quantitative estimate of drug-likeness (QED) is 0.549. The SMILES string of the molecule is BrCC#CCO[C@H]1CCCC[C@@H]1C#CCBr. The number of rotatable bonds is 2. The molecule has 1 aliphatic carbocycles. The van der Waals surface area contributed by atoms with Crippen LogP contribution in [0.5, 0.6) is 0 Å². The topological polar surface area (TPSA) is 9.23 Å². The van der Waals surface area contributed by atoms with Gasteiger partial charge < -0.3 is 4.74 Å². The van der Waals surface area contributed by atoms with Crippen LogP contribution in [0.2, 0.25) is 0 Å².